The summed E-state index contributed by atoms with van der Waals surface area (Å²) in [5, 5.41) is 13.7. The Morgan fingerprint density at radius 3 is 2.23 bits per heavy atom. The van der Waals surface area contributed by atoms with E-state index in [1.807, 2.05) is 36.4 Å². The number of nitrogens with one attached hydrogen (secondary N) is 2. The van der Waals surface area contributed by atoms with Crippen LogP contribution < -0.4 is 15.8 Å². The van der Waals surface area contributed by atoms with E-state index in [0.29, 0.717) is 11.8 Å². The van der Waals surface area contributed by atoms with Crippen LogP contribution in [0.25, 0.3) is 11.1 Å². The zero-order chi connectivity index (χ0) is 25.3. The lowest BCUT2D eigenvalue weighted by molar-refractivity contribution is -0.134. The summed E-state index contributed by atoms with van der Waals surface area (Å²) in [5.41, 5.74) is 5.17. The number of fused-ring (bicyclic) bond motifs is 3. The Morgan fingerprint density at radius 2 is 1.54 bits per heavy atom. The molecule has 0 fully saturated rings. The number of benzene rings is 3. The molecule has 0 saturated carbocycles. The minimum atomic E-state index is -1.90. The maximum absolute atomic E-state index is 13.4. The van der Waals surface area contributed by atoms with Crippen LogP contribution in [-0.2, 0) is 14.4 Å². The van der Waals surface area contributed by atoms with Crippen molar-refractivity contribution >= 4 is 23.4 Å². The molecule has 9 heteroatoms. The highest BCUT2D eigenvalue weighted by molar-refractivity contribution is 6.06. The van der Waals surface area contributed by atoms with Gasteiger partial charge in [0, 0.05) is 11.6 Å². The number of carbonyl (C=O) groups excluding carboxylic acids is 3. The third-order valence-corrected chi connectivity index (χ3v) is 5.88. The second kappa shape index (κ2) is 9.63. The molecular weight excluding hydrogens is 456 g/mol. The molecule has 0 radical (unpaired) electrons. The zero-order valence-electron chi connectivity index (χ0n) is 19.0. The van der Waals surface area contributed by atoms with E-state index in [1.54, 1.807) is 19.1 Å². The van der Waals surface area contributed by atoms with E-state index in [1.165, 1.54) is 6.92 Å². The van der Waals surface area contributed by atoms with Gasteiger partial charge in [-0.3, -0.25) is 19.8 Å². The Labute approximate surface area is 200 Å². The number of hydrogen-bond acceptors (Lipinski definition) is 4. The SMILES string of the molecule is CC1C(=O)N(NC(=O)[C@H](C)NC(=O)[C@@H](O)c2cc(F)cc(F)c2)c2ccccc2-c2ccccc21. The van der Waals surface area contributed by atoms with Crippen molar-refractivity contribution in [3.05, 3.63) is 89.5 Å². The highest BCUT2D eigenvalue weighted by atomic mass is 19.1. The molecule has 0 aromatic heterocycles. The van der Waals surface area contributed by atoms with E-state index >= 15 is 0 Å². The summed E-state index contributed by atoms with van der Waals surface area (Å²) in [6, 6.07) is 15.7. The minimum Gasteiger partial charge on any atom is -0.378 e. The predicted octanol–water partition coefficient (Wildman–Crippen LogP) is 3.35. The lowest BCUT2D eigenvalue weighted by Gasteiger charge is -2.27. The number of halogens is 2. The van der Waals surface area contributed by atoms with Gasteiger partial charge in [0.1, 0.15) is 17.7 Å². The molecule has 0 bridgehead atoms. The van der Waals surface area contributed by atoms with Gasteiger partial charge in [-0.2, -0.15) is 0 Å². The summed E-state index contributed by atoms with van der Waals surface area (Å²) in [7, 11) is 0. The van der Waals surface area contributed by atoms with Gasteiger partial charge >= 0.3 is 0 Å². The molecule has 0 spiro atoms. The van der Waals surface area contributed by atoms with Crippen LogP contribution >= 0.6 is 0 Å². The van der Waals surface area contributed by atoms with Gasteiger partial charge < -0.3 is 10.4 Å². The van der Waals surface area contributed by atoms with Gasteiger partial charge in [-0.15, -0.1) is 0 Å². The first-order valence-electron chi connectivity index (χ1n) is 10.9. The van der Waals surface area contributed by atoms with E-state index in [2.05, 4.69) is 10.7 Å². The van der Waals surface area contributed by atoms with Crippen molar-refractivity contribution in [1.82, 2.24) is 10.7 Å². The number of hydrogen-bond donors (Lipinski definition) is 3. The normalized spacial score (nSPS) is 16.4. The average molecular weight is 479 g/mol. The molecule has 1 heterocycles. The fourth-order valence-electron chi connectivity index (χ4n) is 4.03. The second-order valence-corrected chi connectivity index (χ2v) is 8.31. The third kappa shape index (κ3) is 4.76. The maximum Gasteiger partial charge on any atom is 0.261 e. The van der Waals surface area contributed by atoms with Crippen LogP contribution in [0.1, 0.15) is 37.0 Å². The first-order chi connectivity index (χ1) is 16.7. The number of aliphatic hydroxyl groups is 1. The van der Waals surface area contributed by atoms with E-state index in [4.69, 9.17) is 0 Å². The lowest BCUT2D eigenvalue weighted by Crippen LogP contribution is -2.54. The van der Waals surface area contributed by atoms with Crippen molar-refractivity contribution in [3.63, 3.8) is 0 Å². The van der Waals surface area contributed by atoms with Gasteiger partial charge in [0.25, 0.3) is 17.7 Å². The Hall–Kier alpha value is -4.11. The lowest BCUT2D eigenvalue weighted by atomic mass is 9.92. The summed E-state index contributed by atoms with van der Waals surface area (Å²) < 4.78 is 26.9. The van der Waals surface area contributed by atoms with Crippen molar-refractivity contribution in [2.45, 2.75) is 31.9 Å². The molecule has 35 heavy (non-hydrogen) atoms. The summed E-state index contributed by atoms with van der Waals surface area (Å²) in [6.07, 6.45) is -1.90. The fourth-order valence-corrected chi connectivity index (χ4v) is 4.03. The van der Waals surface area contributed by atoms with Crippen LogP contribution in [0.4, 0.5) is 14.5 Å². The largest absolute Gasteiger partial charge is 0.378 e. The summed E-state index contributed by atoms with van der Waals surface area (Å²) in [4.78, 5) is 38.7. The van der Waals surface area contributed by atoms with Gasteiger partial charge in [0.2, 0.25) is 0 Å². The number of amides is 3. The number of nitrogens with zero attached hydrogens (tertiary/aromatic N) is 1. The zero-order valence-corrected chi connectivity index (χ0v) is 19.0. The Balaban J connectivity index is 1.54. The van der Waals surface area contributed by atoms with E-state index < -0.39 is 41.5 Å². The molecule has 1 unspecified atom stereocenters. The van der Waals surface area contributed by atoms with Gasteiger partial charge in [-0.05, 0) is 48.7 Å². The van der Waals surface area contributed by atoms with Crippen LogP contribution in [0.2, 0.25) is 0 Å². The Morgan fingerprint density at radius 1 is 0.943 bits per heavy atom. The first-order valence-corrected chi connectivity index (χ1v) is 10.9. The van der Waals surface area contributed by atoms with Crippen molar-refractivity contribution in [3.8, 4) is 11.1 Å². The van der Waals surface area contributed by atoms with Gasteiger partial charge in [0.15, 0.2) is 6.10 Å². The molecule has 180 valence electrons. The highest BCUT2D eigenvalue weighted by Crippen LogP contribution is 2.39. The quantitative estimate of drug-likeness (QED) is 0.523. The van der Waals surface area contributed by atoms with Crippen molar-refractivity contribution < 1.29 is 28.3 Å². The average Bonchev–Trinajstić information content (AvgIpc) is 2.92. The summed E-state index contributed by atoms with van der Waals surface area (Å²) in [5.74, 6) is -4.59. The molecule has 1 aliphatic rings. The van der Waals surface area contributed by atoms with Crippen LogP contribution in [0, 0.1) is 11.6 Å². The minimum absolute atomic E-state index is 0.296. The number of rotatable bonds is 5. The number of carbonyl (C=O) groups is 3. The monoisotopic (exact) mass is 479 g/mol. The number of para-hydroxylation sites is 1. The van der Waals surface area contributed by atoms with Crippen molar-refractivity contribution in [2.24, 2.45) is 0 Å². The second-order valence-electron chi connectivity index (χ2n) is 8.31. The maximum atomic E-state index is 13.4. The molecule has 1 aliphatic heterocycles. The Bertz CT molecular complexity index is 1290. The molecular formula is C26H23F2N3O4. The summed E-state index contributed by atoms with van der Waals surface area (Å²) in [6.45, 7) is 3.10. The van der Waals surface area contributed by atoms with Crippen molar-refractivity contribution in [1.29, 1.82) is 0 Å². The van der Waals surface area contributed by atoms with Crippen LogP contribution in [0.15, 0.2) is 66.7 Å². The van der Waals surface area contributed by atoms with Gasteiger partial charge in [-0.25, -0.2) is 13.8 Å². The van der Waals surface area contributed by atoms with Crippen LogP contribution in [0.5, 0.6) is 0 Å². The summed E-state index contributed by atoms with van der Waals surface area (Å²) >= 11 is 0. The standard InChI is InChI=1S/C26H23F2N3O4/c1-14-19-7-3-4-8-20(19)21-9-5-6-10-22(21)31(26(14)35)30-24(33)15(2)29-25(34)23(32)16-11-17(27)13-18(28)12-16/h3-15,23,32H,1-2H3,(H,29,34)(H,30,33)/t14?,15-,23-/m0/s1. The molecule has 3 atom stereocenters. The number of aliphatic hydroxyl groups excluding tert-OH is 1. The number of hydrazine groups is 1. The van der Waals surface area contributed by atoms with Gasteiger partial charge in [0.05, 0.1) is 11.6 Å². The molecule has 4 rings (SSSR count). The molecule has 0 aliphatic carbocycles. The third-order valence-electron chi connectivity index (χ3n) is 5.88. The highest BCUT2D eigenvalue weighted by Gasteiger charge is 2.33. The van der Waals surface area contributed by atoms with Crippen molar-refractivity contribution in [2.75, 3.05) is 5.01 Å². The van der Waals surface area contributed by atoms with Crippen LogP contribution in [-0.4, -0.2) is 28.9 Å². The van der Waals surface area contributed by atoms with Crippen LogP contribution in [0.3, 0.4) is 0 Å². The van der Waals surface area contributed by atoms with E-state index in [9.17, 15) is 28.3 Å². The topological polar surface area (TPSA) is 98.7 Å². The number of anilines is 1. The molecule has 0 saturated heterocycles. The smallest absolute Gasteiger partial charge is 0.261 e. The molecule has 7 nitrogen and oxygen atoms in total. The molecule has 3 N–H and O–H groups in total. The van der Waals surface area contributed by atoms with Gasteiger partial charge in [-0.1, -0.05) is 42.5 Å². The first kappa shape index (κ1) is 24.0. The predicted molar refractivity (Wildman–Crippen MR) is 125 cm³/mol. The molecule has 3 aromatic rings. The molecule has 3 aromatic carbocycles. The fraction of sp³-hybridized carbons (Fsp3) is 0.192. The van der Waals surface area contributed by atoms with E-state index in [0.717, 1.165) is 33.8 Å². The Kier molecular flexibility index (Phi) is 6.61. The van der Waals surface area contributed by atoms with E-state index in [-0.39, 0.29) is 11.5 Å². The molecule has 3 amide bonds.